The van der Waals surface area contributed by atoms with Gasteiger partial charge in [-0.05, 0) is 64.7 Å². The summed E-state index contributed by atoms with van der Waals surface area (Å²) in [5.41, 5.74) is 6.25. The summed E-state index contributed by atoms with van der Waals surface area (Å²) in [6.45, 7) is 3.69. The van der Waals surface area contributed by atoms with Gasteiger partial charge in [-0.3, -0.25) is 4.90 Å². The Morgan fingerprint density at radius 2 is 1.89 bits per heavy atom. The van der Waals surface area contributed by atoms with Gasteiger partial charge in [0.05, 0.1) is 6.61 Å². The predicted octanol–water partition coefficient (Wildman–Crippen LogP) is 0.358. The molecule has 106 valence electrons. The van der Waals surface area contributed by atoms with Crippen LogP contribution in [0.2, 0.25) is 0 Å². The molecule has 3 N–H and O–H groups in total. The van der Waals surface area contributed by atoms with Gasteiger partial charge >= 0.3 is 0 Å². The number of hydrogen-bond acceptors (Lipinski definition) is 4. The molecule has 0 amide bonds. The lowest BCUT2D eigenvalue weighted by atomic mass is 9.95. The maximum Gasteiger partial charge on any atom is 0.0601 e. The molecule has 0 aromatic carbocycles. The summed E-state index contributed by atoms with van der Waals surface area (Å²) in [5.74, 6) is 1.42. The molecule has 0 radical (unpaired) electrons. The second-order valence-electron chi connectivity index (χ2n) is 6.35. The van der Waals surface area contributed by atoms with Crippen LogP contribution in [0, 0.1) is 11.8 Å². The van der Waals surface area contributed by atoms with Gasteiger partial charge < -0.3 is 15.7 Å². The van der Waals surface area contributed by atoms with Crippen molar-refractivity contribution in [2.45, 2.75) is 37.8 Å². The zero-order chi connectivity index (χ0) is 13.1. The van der Waals surface area contributed by atoms with Crippen molar-refractivity contribution in [2.24, 2.45) is 17.6 Å². The minimum absolute atomic E-state index is 0.150. The van der Waals surface area contributed by atoms with E-state index in [0.29, 0.717) is 5.92 Å². The van der Waals surface area contributed by atoms with Gasteiger partial charge in [-0.15, -0.1) is 0 Å². The van der Waals surface area contributed by atoms with Crippen molar-refractivity contribution >= 4 is 0 Å². The van der Waals surface area contributed by atoms with Crippen LogP contribution >= 0.6 is 0 Å². The molecule has 0 aromatic rings. The summed E-state index contributed by atoms with van der Waals surface area (Å²) in [5, 5.41) is 9.59. The van der Waals surface area contributed by atoms with Crippen molar-refractivity contribution in [1.29, 1.82) is 0 Å². The van der Waals surface area contributed by atoms with Crippen molar-refractivity contribution < 1.29 is 5.11 Å². The van der Waals surface area contributed by atoms with E-state index in [1.54, 1.807) is 0 Å². The van der Waals surface area contributed by atoms with Crippen molar-refractivity contribution in [3.05, 3.63) is 0 Å². The number of aliphatic hydroxyl groups is 1. The highest BCUT2D eigenvalue weighted by Crippen LogP contribution is 2.34. The van der Waals surface area contributed by atoms with Crippen molar-refractivity contribution in [1.82, 2.24) is 9.80 Å². The lowest BCUT2D eigenvalue weighted by molar-refractivity contribution is 0.0909. The molecule has 1 saturated carbocycles. The van der Waals surface area contributed by atoms with Gasteiger partial charge in [0.15, 0.2) is 0 Å². The van der Waals surface area contributed by atoms with Gasteiger partial charge in [-0.2, -0.15) is 0 Å². The van der Waals surface area contributed by atoms with Crippen LogP contribution in [0.5, 0.6) is 0 Å². The molecule has 1 heterocycles. The molecular formula is C14H29N3O. The molecule has 2 rings (SSSR count). The molecule has 2 fully saturated rings. The monoisotopic (exact) mass is 255 g/mol. The number of rotatable bonds is 6. The normalized spacial score (nSPS) is 26.5. The smallest absolute Gasteiger partial charge is 0.0601 e. The molecule has 4 heteroatoms. The number of nitrogens with zero attached hydrogens (tertiary/aromatic N) is 2. The van der Waals surface area contributed by atoms with Gasteiger partial charge in [0.2, 0.25) is 0 Å². The van der Waals surface area contributed by atoms with Gasteiger partial charge in [0, 0.05) is 18.6 Å². The molecule has 18 heavy (non-hydrogen) atoms. The van der Waals surface area contributed by atoms with E-state index in [0.717, 1.165) is 12.5 Å². The van der Waals surface area contributed by atoms with Crippen molar-refractivity contribution in [3.8, 4) is 0 Å². The molecule has 1 saturated heterocycles. The van der Waals surface area contributed by atoms with Crippen LogP contribution in [0.4, 0.5) is 0 Å². The Hall–Kier alpha value is -0.160. The third kappa shape index (κ3) is 3.67. The van der Waals surface area contributed by atoms with Crippen molar-refractivity contribution in [2.75, 3.05) is 40.3 Å². The van der Waals surface area contributed by atoms with Gasteiger partial charge in [0.25, 0.3) is 0 Å². The quantitative estimate of drug-likeness (QED) is 0.719. The fourth-order valence-corrected chi connectivity index (χ4v) is 3.14. The van der Waals surface area contributed by atoms with Gasteiger partial charge in [-0.1, -0.05) is 0 Å². The average Bonchev–Trinajstić information content (AvgIpc) is 3.17. The first kappa shape index (κ1) is 14.3. The van der Waals surface area contributed by atoms with Crippen LogP contribution in [-0.2, 0) is 0 Å². The number of hydrogen-bond donors (Lipinski definition) is 2. The molecule has 1 aliphatic heterocycles. The molecule has 2 unspecified atom stereocenters. The lowest BCUT2D eigenvalue weighted by Crippen LogP contribution is -2.51. The van der Waals surface area contributed by atoms with E-state index in [4.69, 9.17) is 5.73 Å². The molecule has 0 aromatic heterocycles. The maximum atomic E-state index is 9.59. The molecular weight excluding hydrogens is 226 g/mol. The molecule has 2 atom stereocenters. The Bertz CT molecular complexity index is 249. The predicted molar refractivity (Wildman–Crippen MR) is 74.4 cm³/mol. The second-order valence-corrected chi connectivity index (χ2v) is 6.35. The van der Waals surface area contributed by atoms with Gasteiger partial charge in [-0.25, -0.2) is 0 Å². The zero-order valence-electron chi connectivity index (χ0n) is 11.9. The largest absolute Gasteiger partial charge is 0.395 e. The summed E-state index contributed by atoms with van der Waals surface area (Å²) in [4.78, 5) is 4.70. The highest BCUT2D eigenvalue weighted by atomic mass is 16.3. The first-order valence-corrected chi connectivity index (χ1v) is 7.37. The topological polar surface area (TPSA) is 52.7 Å². The Morgan fingerprint density at radius 1 is 1.28 bits per heavy atom. The summed E-state index contributed by atoms with van der Waals surface area (Å²) in [6, 6.07) is 0.309. The highest BCUT2D eigenvalue weighted by molar-refractivity contribution is 4.93. The maximum absolute atomic E-state index is 9.59. The number of nitrogens with two attached hydrogens (primary N) is 1. The fourth-order valence-electron chi connectivity index (χ4n) is 3.14. The fraction of sp³-hybridized carbons (Fsp3) is 1.00. The minimum atomic E-state index is 0.150. The zero-order valence-corrected chi connectivity index (χ0v) is 11.9. The molecule has 4 nitrogen and oxygen atoms in total. The van der Waals surface area contributed by atoms with Crippen LogP contribution in [0.25, 0.3) is 0 Å². The summed E-state index contributed by atoms with van der Waals surface area (Å²) in [6.07, 6.45) is 5.05. The molecule has 2 aliphatic rings. The second kappa shape index (κ2) is 6.33. The third-order valence-electron chi connectivity index (χ3n) is 4.75. The van der Waals surface area contributed by atoms with Gasteiger partial charge in [0.1, 0.15) is 0 Å². The Morgan fingerprint density at radius 3 is 2.39 bits per heavy atom. The molecule has 0 spiro atoms. The number of likely N-dealkylation sites (N-methyl/N-ethyl adjacent to an activating group) is 1. The first-order chi connectivity index (χ1) is 8.61. The lowest BCUT2D eigenvalue weighted by Gasteiger charge is -2.36. The molecule has 1 aliphatic carbocycles. The number of aliphatic hydroxyl groups excluding tert-OH is 1. The average molecular weight is 255 g/mol. The van der Waals surface area contributed by atoms with E-state index in [2.05, 4.69) is 23.9 Å². The first-order valence-electron chi connectivity index (χ1n) is 7.37. The van der Waals surface area contributed by atoms with E-state index in [9.17, 15) is 5.11 Å². The Kier molecular flexibility index (Phi) is 5.01. The standard InChI is InChI=1S/C14H29N3O/c1-16-7-5-11(6-8-16)9-17(2)13(10-18)14(15)12-3-4-12/h11-14,18H,3-10,15H2,1-2H3. The van der Waals surface area contributed by atoms with E-state index in [1.165, 1.54) is 38.8 Å². The van der Waals surface area contributed by atoms with Crippen LogP contribution in [0.3, 0.4) is 0 Å². The van der Waals surface area contributed by atoms with E-state index >= 15 is 0 Å². The van der Waals surface area contributed by atoms with Crippen LogP contribution in [0.1, 0.15) is 25.7 Å². The molecule has 0 bridgehead atoms. The third-order valence-corrected chi connectivity index (χ3v) is 4.75. The number of piperidine rings is 1. The van der Waals surface area contributed by atoms with Crippen LogP contribution < -0.4 is 5.73 Å². The van der Waals surface area contributed by atoms with E-state index in [1.807, 2.05) is 0 Å². The minimum Gasteiger partial charge on any atom is -0.395 e. The Labute approximate surface area is 111 Å². The van der Waals surface area contributed by atoms with Crippen LogP contribution in [0.15, 0.2) is 0 Å². The van der Waals surface area contributed by atoms with Crippen LogP contribution in [-0.4, -0.2) is 67.3 Å². The summed E-state index contributed by atoms with van der Waals surface area (Å²) in [7, 11) is 4.32. The summed E-state index contributed by atoms with van der Waals surface area (Å²) >= 11 is 0. The SMILES string of the molecule is CN1CCC(CN(C)C(CO)C(N)C2CC2)CC1. The Balaban J connectivity index is 1.79. The van der Waals surface area contributed by atoms with E-state index < -0.39 is 0 Å². The number of likely N-dealkylation sites (tertiary alicyclic amines) is 1. The van der Waals surface area contributed by atoms with E-state index in [-0.39, 0.29) is 18.7 Å². The van der Waals surface area contributed by atoms with Crippen molar-refractivity contribution in [3.63, 3.8) is 0 Å². The highest BCUT2D eigenvalue weighted by Gasteiger charge is 2.35. The summed E-state index contributed by atoms with van der Waals surface area (Å²) < 4.78 is 0.